The average Bonchev–Trinajstić information content (AvgIpc) is 3.10. The topological polar surface area (TPSA) is 69.0 Å². The number of nitrogens with zero attached hydrogens (tertiary/aromatic N) is 3. The van der Waals surface area contributed by atoms with Crippen LogP contribution in [0.15, 0.2) is 48.7 Å². The lowest BCUT2D eigenvalue weighted by molar-refractivity contribution is 0.0946. The van der Waals surface area contributed by atoms with E-state index in [1.807, 2.05) is 64.1 Å². The Morgan fingerprint density at radius 3 is 2.41 bits per heavy atom. The molecule has 0 saturated carbocycles. The van der Waals surface area contributed by atoms with Crippen LogP contribution >= 0.6 is 0 Å². The lowest BCUT2D eigenvalue weighted by Gasteiger charge is -2.10. The Hall–Kier alpha value is -3.15. The van der Waals surface area contributed by atoms with Gasteiger partial charge in [0.25, 0.3) is 5.91 Å². The SMILES string of the molecule is Cc1cc(C)cc(-n2cc(C(=O)NCc3ccc(OC(C)C)cc3)nn2)c1. The molecule has 0 aliphatic rings. The van der Waals surface area contributed by atoms with Gasteiger partial charge in [-0.05, 0) is 68.7 Å². The quantitative estimate of drug-likeness (QED) is 0.726. The predicted octanol–water partition coefficient (Wildman–Crippen LogP) is 3.60. The molecule has 3 aromatic rings. The molecule has 6 nitrogen and oxygen atoms in total. The van der Waals surface area contributed by atoms with E-state index in [2.05, 4.69) is 21.7 Å². The molecule has 0 unspecified atom stereocenters. The molecule has 1 N–H and O–H groups in total. The normalized spacial score (nSPS) is 10.9. The van der Waals surface area contributed by atoms with E-state index < -0.39 is 0 Å². The number of aryl methyl sites for hydroxylation is 2. The first-order valence-corrected chi connectivity index (χ1v) is 8.95. The van der Waals surface area contributed by atoms with Gasteiger partial charge in [-0.2, -0.15) is 0 Å². The second-order valence-electron chi connectivity index (χ2n) is 6.89. The minimum absolute atomic E-state index is 0.135. The fraction of sp³-hybridized carbons (Fsp3) is 0.286. The zero-order valence-corrected chi connectivity index (χ0v) is 16.1. The van der Waals surface area contributed by atoms with Gasteiger partial charge in [0.05, 0.1) is 18.0 Å². The van der Waals surface area contributed by atoms with Gasteiger partial charge in [0.1, 0.15) is 5.75 Å². The van der Waals surface area contributed by atoms with Crippen molar-refractivity contribution in [2.75, 3.05) is 0 Å². The molecule has 0 bridgehead atoms. The fourth-order valence-corrected chi connectivity index (χ4v) is 2.81. The van der Waals surface area contributed by atoms with Crippen LogP contribution < -0.4 is 10.1 Å². The highest BCUT2D eigenvalue weighted by molar-refractivity contribution is 5.91. The highest BCUT2D eigenvalue weighted by atomic mass is 16.5. The third-order valence-corrected chi connectivity index (χ3v) is 3.95. The summed E-state index contributed by atoms with van der Waals surface area (Å²) in [5, 5.41) is 10.9. The minimum Gasteiger partial charge on any atom is -0.491 e. The summed E-state index contributed by atoms with van der Waals surface area (Å²) in [5.74, 6) is 0.560. The molecule has 27 heavy (non-hydrogen) atoms. The largest absolute Gasteiger partial charge is 0.491 e. The molecule has 1 aromatic heterocycles. The Balaban J connectivity index is 1.62. The van der Waals surface area contributed by atoms with E-state index in [-0.39, 0.29) is 17.7 Å². The van der Waals surface area contributed by atoms with E-state index in [4.69, 9.17) is 4.74 Å². The molecule has 0 aliphatic carbocycles. The number of hydrogen-bond donors (Lipinski definition) is 1. The van der Waals surface area contributed by atoms with Gasteiger partial charge in [0, 0.05) is 6.54 Å². The maximum absolute atomic E-state index is 12.4. The summed E-state index contributed by atoms with van der Waals surface area (Å²) >= 11 is 0. The number of nitrogens with one attached hydrogen (secondary N) is 1. The summed E-state index contributed by atoms with van der Waals surface area (Å²) in [7, 11) is 0. The standard InChI is InChI=1S/C21H24N4O2/c1-14(2)27-19-7-5-17(6-8-19)12-22-21(26)20-13-25(24-23-20)18-10-15(3)9-16(4)11-18/h5-11,13-14H,12H2,1-4H3,(H,22,26). The van der Waals surface area contributed by atoms with E-state index in [0.717, 1.165) is 28.1 Å². The second-order valence-corrected chi connectivity index (χ2v) is 6.89. The maximum atomic E-state index is 12.4. The number of benzene rings is 2. The highest BCUT2D eigenvalue weighted by Crippen LogP contribution is 2.15. The number of aromatic nitrogens is 3. The number of carbonyl (C=O) groups is 1. The van der Waals surface area contributed by atoms with Gasteiger partial charge >= 0.3 is 0 Å². The third kappa shape index (κ3) is 4.94. The van der Waals surface area contributed by atoms with E-state index in [9.17, 15) is 4.79 Å². The summed E-state index contributed by atoms with van der Waals surface area (Å²) in [6, 6.07) is 13.8. The van der Waals surface area contributed by atoms with Crippen LogP contribution in [0.5, 0.6) is 5.75 Å². The fourth-order valence-electron chi connectivity index (χ4n) is 2.81. The minimum atomic E-state index is -0.256. The summed E-state index contributed by atoms with van der Waals surface area (Å²) in [6.07, 6.45) is 1.78. The molecular weight excluding hydrogens is 340 g/mol. The monoisotopic (exact) mass is 364 g/mol. The summed E-state index contributed by atoms with van der Waals surface area (Å²) in [4.78, 5) is 12.4. The van der Waals surface area contributed by atoms with Crippen molar-refractivity contribution in [1.82, 2.24) is 20.3 Å². The van der Waals surface area contributed by atoms with Crippen LogP contribution in [0.4, 0.5) is 0 Å². The zero-order valence-electron chi connectivity index (χ0n) is 16.1. The molecule has 2 aromatic carbocycles. The van der Waals surface area contributed by atoms with Crippen molar-refractivity contribution in [2.45, 2.75) is 40.3 Å². The van der Waals surface area contributed by atoms with E-state index >= 15 is 0 Å². The molecule has 0 spiro atoms. The molecule has 6 heteroatoms. The molecule has 140 valence electrons. The molecule has 0 radical (unpaired) electrons. The number of carbonyl (C=O) groups excluding carboxylic acids is 1. The number of ether oxygens (including phenoxy) is 1. The van der Waals surface area contributed by atoms with Crippen LogP contribution in [-0.2, 0) is 6.54 Å². The van der Waals surface area contributed by atoms with E-state index in [1.54, 1.807) is 10.9 Å². The van der Waals surface area contributed by atoms with Crippen molar-refractivity contribution in [3.63, 3.8) is 0 Å². The van der Waals surface area contributed by atoms with Crippen LogP contribution in [0, 0.1) is 13.8 Å². The summed E-state index contributed by atoms with van der Waals surface area (Å²) in [5.41, 5.74) is 4.43. The Kier molecular flexibility index (Phi) is 5.54. The molecule has 1 heterocycles. The number of rotatable bonds is 6. The Labute approximate surface area is 159 Å². The number of hydrogen-bond acceptors (Lipinski definition) is 4. The summed E-state index contributed by atoms with van der Waals surface area (Å²) < 4.78 is 7.24. The van der Waals surface area contributed by atoms with Crippen molar-refractivity contribution in [2.24, 2.45) is 0 Å². The van der Waals surface area contributed by atoms with Gasteiger partial charge in [0.2, 0.25) is 0 Å². The molecule has 3 rings (SSSR count). The van der Waals surface area contributed by atoms with Crippen LogP contribution in [0.1, 0.15) is 41.0 Å². The summed E-state index contributed by atoms with van der Waals surface area (Å²) in [6.45, 7) is 8.44. The van der Waals surface area contributed by atoms with Crippen LogP contribution in [0.2, 0.25) is 0 Å². The van der Waals surface area contributed by atoms with E-state index in [1.165, 1.54) is 0 Å². The highest BCUT2D eigenvalue weighted by Gasteiger charge is 2.12. The van der Waals surface area contributed by atoms with Crippen molar-refractivity contribution >= 4 is 5.91 Å². The Morgan fingerprint density at radius 2 is 1.78 bits per heavy atom. The van der Waals surface area contributed by atoms with Gasteiger partial charge in [-0.1, -0.05) is 23.4 Å². The Morgan fingerprint density at radius 1 is 1.11 bits per heavy atom. The molecule has 0 saturated heterocycles. The van der Waals surface area contributed by atoms with Gasteiger partial charge < -0.3 is 10.1 Å². The smallest absolute Gasteiger partial charge is 0.273 e. The maximum Gasteiger partial charge on any atom is 0.273 e. The Bertz CT molecular complexity index is 909. The lowest BCUT2D eigenvalue weighted by atomic mass is 10.1. The third-order valence-electron chi connectivity index (χ3n) is 3.95. The van der Waals surface area contributed by atoms with E-state index in [0.29, 0.717) is 6.54 Å². The van der Waals surface area contributed by atoms with Gasteiger partial charge in [-0.25, -0.2) is 4.68 Å². The first-order chi connectivity index (χ1) is 12.9. The van der Waals surface area contributed by atoms with Crippen molar-refractivity contribution in [3.8, 4) is 11.4 Å². The molecular formula is C21H24N4O2. The van der Waals surface area contributed by atoms with Crippen molar-refractivity contribution < 1.29 is 9.53 Å². The zero-order chi connectivity index (χ0) is 19.4. The predicted molar refractivity (Wildman–Crippen MR) is 104 cm³/mol. The average molecular weight is 364 g/mol. The van der Waals surface area contributed by atoms with Crippen LogP contribution in [0.3, 0.4) is 0 Å². The van der Waals surface area contributed by atoms with Crippen LogP contribution in [0.25, 0.3) is 5.69 Å². The molecule has 1 amide bonds. The molecule has 0 atom stereocenters. The van der Waals surface area contributed by atoms with Crippen molar-refractivity contribution in [1.29, 1.82) is 0 Å². The molecule has 0 fully saturated rings. The first-order valence-electron chi connectivity index (χ1n) is 8.95. The van der Waals surface area contributed by atoms with Crippen LogP contribution in [-0.4, -0.2) is 27.0 Å². The lowest BCUT2D eigenvalue weighted by Crippen LogP contribution is -2.23. The molecule has 0 aliphatic heterocycles. The number of amides is 1. The first kappa shape index (κ1) is 18.6. The van der Waals surface area contributed by atoms with Gasteiger partial charge in [0.15, 0.2) is 5.69 Å². The van der Waals surface area contributed by atoms with Crippen molar-refractivity contribution in [3.05, 3.63) is 71.0 Å². The second kappa shape index (κ2) is 8.03. The van der Waals surface area contributed by atoms with Gasteiger partial charge in [-0.3, -0.25) is 4.79 Å². The van der Waals surface area contributed by atoms with Gasteiger partial charge in [-0.15, -0.1) is 5.10 Å².